The second-order valence-electron chi connectivity index (χ2n) is 3.97. The smallest absolute Gasteiger partial charge is 0.263 e. The Kier molecular flexibility index (Phi) is 3.20. The number of nitrogens with one attached hydrogen (secondary N) is 1. The van der Waals surface area contributed by atoms with Gasteiger partial charge < -0.3 is 0 Å². The van der Waals surface area contributed by atoms with Gasteiger partial charge in [0.2, 0.25) is 0 Å². The van der Waals surface area contributed by atoms with Crippen LogP contribution in [-0.2, 0) is 0 Å². The van der Waals surface area contributed by atoms with Crippen LogP contribution in [0.15, 0.2) is 56.2 Å². The van der Waals surface area contributed by atoms with Gasteiger partial charge in [-0.3, -0.25) is 4.79 Å². The Morgan fingerprint density at radius 3 is 2.68 bits per heavy atom. The monoisotopic (exact) mass is 380 g/mol. The summed E-state index contributed by atoms with van der Waals surface area (Å²) in [4.78, 5) is 13.5. The zero-order chi connectivity index (χ0) is 13.4. The van der Waals surface area contributed by atoms with E-state index in [9.17, 15) is 4.79 Å². The average molecular weight is 382 g/mol. The van der Waals surface area contributed by atoms with Crippen molar-refractivity contribution < 1.29 is 4.80 Å². The Labute approximate surface area is 125 Å². The van der Waals surface area contributed by atoms with Crippen molar-refractivity contribution in [3.05, 3.63) is 61.8 Å². The first-order valence-corrected chi connectivity index (χ1v) is 7.10. The van der Waals surface area contributed by atoms with Crippen molar-refractivity contribution in [3.63, 3.8) is 0 Å². The van der Waals surface area contributed by atoms with Crippen LogP contribution in [0.5, 0.6) is 0 Å². The summed E-state index contributed by atoms with van der Waals surface area (Å²) in [6.45, 7) is 0. The molecule has 3 rings (SSSR count). The first-order chi connectivity index (χ1) is 9.15. The van der Waals surface area contributed by atoms with E-state index in [1.165, 1.54) is 4.80 Å². The van der Waals surface area contributed by atoms with Gasteiger partial charge in [-0.2, -0.15) is 0 Å². The summed E-state index contributed by atoms with van der Waals surface area (Å²) < 4.78 is 1.79. The van der Waals surface area contributed by atoms with Crippen molar-refractivity contribution in [2.24, 2.45) is 0 Å². The molecular weight excluding hydrogens is 374 g/mol. The van der Waals surface area contributed by atoms with Crippen LogP contribution in [0.3, 0.4) is 0 Å². The Morgan fingerprint density at radius 2 is 1.89 bits per heavy atom. The van der Waals surface area contributed by atoms with Crippen molar-refractivity contribution in [3.8, 4) is 5.69 Å². The fraction of sp³-hybridized carbons (Fsp3) is 0. The molecule has 94 valence electrons. The summed E-state index contributed by atoms with van der Waals surface area (Å²) in [5.74, 6) is 0. The molecule has 1 heterocycles. The van der Waals surface area contributed by atoms with E-state index in [1.807, 2.05) is 36.4 Å². The van der Waals surface area contributed by atoms with Crippen LogP contribution in [0.4, 0.5) is 0 Å². The zero-order valence-corrected chi connectivity index (χ0v) is 12.8. The molecular formula is C13H8Br2N3O+. The van der Waals surface area contributed by atoms with Gasteiger partial charge in [0.15, 0.2) is 0 Å². The van der Waals surface area contributed by atoms with E-state index in [0.717, 1.165) is 14.6 Å². The standard InChI is InChI=1S/C13H7Br2N3O/c14-8-5-6-12(10(15)7-8)18-16-11-4-2-1-3-9(11)13(19)17-18/h1-7H/p+1. The topological polar surface area (TPSA) is 49.6 Å². The highest BCUT2D eigenvalue weighted by atomic mass is 79.9. The number of hydrogen-bond donors (Lipinski definition) is 1. The van der Waals surface area contributed by atoms with Crippen LogP contribution in [0, 0.1) is 0 Å². The molecule has 0 amide bonds. The van der Waals surface area contributed by atoms with E-state index in [2.05, 4.69) is 42.1 Å². The van der Waals surface area contributed by atoms with Crippen molar-refractivity contribution >= 4 is 42.8 Å². The number of H-pyrrole nitrogens is 1. The fourth-order valence-electron chi connectivity index (χ4n) is 1.81. The molecule has 0 saturated heterocycles. The quantitative estimate of drug-likeness (QED) is 0.659. The lowest BCUT2D eigenvalue weighted by atomic mass is 10.2. The minimum absolute atomic E-state index is 0.166. The van der Waals surface area contributed by atoms with Crippen LogP contribution in [-0.4, -0.2) is 10.2 Å². The zero-order valence-electron chi connectivity index (χ0n) is 9.60. The second-order valence-corrected chi connectivity index (χ2v) is 5.74. The van der Waals surface area contributed by atoms with E-state index in [4.69, 9.17) is 0 Å². The molecule has 0 aliphatic carbocycles. The molecule has 0 spiro atoms. The molecule has 0 aliphatic heterocycles. The van der Waals surface area contributed by atoms with Crippen LogP contribution in [0.25, 0.3) is 16.6 Å². The molecule has 3 aromatic rings. The molecule has 4 nitrogen and oxygen atoms in total. The van der Waals surface area contributed by atoms with Crippen LogP contribution < -0.4 is 10.4 Å². The number of rotatable bonds is 1. The molecule has 2 aromatic carbocycles. The number of nitrogens with zero attached hydrogens (tertiary/aromatic N) is 2. The molecule has 0 radical (unpaired) electrons. The second kappa shape index (κ2) is 4.86. The van der Waals surface area contributed by atoms with Crippen molar-refractivity contribution in [1.29, 1.82) is 0 Å². The lowest BCUT2D eigenvalue weighted by Crippen LogP contribution is -2.44. The van der Waals surface area contributed by atoms with Gasteiger partial charge in [-0.15, -0.1) is 0 Å². The van der Waals surface area contributed by atoms with Crippen LogP contribution >= 0.6 is 31.9 Å². The molecule has 6 heteroatoms. The van der Waals surface area contributed by atoms with E-state index < -0.39 is 0 Å². The largest absolute Gasteiger partial charge is 0.310 e. The van der Waals surface area contributed by atoms with Gasteiger partial charge in [-0.1, -0.05) is 33.2 Å². The SMILES string of the molecule is O=c1[nH][n+](-c2ccc(Br)cc2Br)nc2ccccc12. The van der Waals surface area contributed by atoms with Gasteiger partial charge >= 0.3 is 5.56 Å². The Hall–Kier alpha value is -1.53. The van der Waals surface area contributed by atoms with Crippen LogP contribution in [0.1, 0.15) is 0 Å². The number of fused-ring (bicyclic) bond motifs is 1. The maximum atomic E-state index is 12.0. The third-order valence-electron chi connectivity index (χ3n) is 2.70. The fourth-order valence-corrected chi connectivity index (χ4v) is 3.02. The number of halogens is 2. The molecule has 0 bridgehead atoms. The van der Waals surface area contributed by atoms with E-state index in [1.54, 1.807) is 6.07 Å². The Balaban J connectivity index is 2.28. The number of benzene rings is 2. The molecule has 1 N–H and O–H groups in total. The van der Waals surface area contributed by atoms with E-state index in [-0.39, 0.29) is 5.56 Å². The van der Waals surface area contributed by atoms with Crippen LogP contribution in [0.2, 0.25) is 0 Å². The summed E-state index contributed by atoms with van der Waals surface area (Å²) in [6, 6.07) is 12.9. The summed E-state index contributed by atoms with van der Waals surface area (Å²) in [5, 5.41) is 7.72. The molecule has 1 aromatic heterocycles. The lowest BCUT2D eigenvalue weighted by molar-refractivity contribution is -0.718. The summed E-state index contributed by atoms with van der Waals surface area (Å²) in [7, 11) is 0. The van der Waals surface area contributed by atoms with Crippen molar-refractivity contribution in [2.75, 3.05) is 0 Å². The Morgan fingerprint density at radius 1 is 1.11 bits per heavy atom. The minimum atomic E-state index is -0.166. The Bertz CT molecular complexity index is 829. The average Bonchev–Trinajstić information content (AvgIpc) is 2.38. The van der Waals surface area contributed by atoms with E-state index in [0.29, 0.717) is 10.9 Å². The lowest BCUT2D eigenvalue weighted by Gasteiger charge is -1.98. The van der Waals surface area contributed by atoms with Gasteiger partial charge in [-0.05, 0) is 40.2 Å². The summed E-state index contributed by atoms with van der Waals surface area (Å²) in [5.41, 5.74) is 1.26. The molecule has 0 unspecified atom stereocenters. The van der Waals surface area contributed by atoms with Gasteiger partial charge in [0.25, 0.3) is 5.69 Å². The van der Waals surface area contributed by atoms with Gasteiger partial charge in [0.05, 0.1) is 9.86 Å². The van der Waals surface area contributed by atoms with Crippen molar-refractivity contribution in [1.82, 2.24) is 10.2 Å². The predicted octanol–water partition coefficient (Wildman–Crippen LogP) is 2.72. The van der Waals surface area contributed by atoms with E-state index >= 15 is 0 Å². The number of aromatic nitrogens is 3. The van der Waals surface area contributed by atoms with Crippen molar-refractivity contribution in [2.45, 2.75) is 0 Å². The first-order valence-electron chi connectivity index (χ1n) is 5.52. The minimum Gasteiger partial charge on any atom is -0.263 e. The summed E-state index contributed by atoms with van der Waals surface area (Å²) >= 11 is 6.85. The predicted molar refractivity (Wildman–Crippen MR) is 79.3 cm³/mol. The normalized spacial score (nSPS) is 10.8. The molecule has 19 heavy (non-hydrogen) atoms. The molecule has 0 atom stereocenters. The highest BCUT2D eigenvalue weighted by molar-refractivity contribution is 9.11. The first kappa shape index (κ1) is 12.5. The van der Waals surface area contributed by atoms with Gasteiger partial charge in [0, 0.05) is 20.4 Å². The highest BCUT2D eigenvalue weighted by Gasteiger charge is 2.16. The number of hydrogen-bond acceptors (Lipinski definition) is 2. The molecule has 0 fully saturated rings. The maximum Gasteiger partial charge on any atom is 0.310 e. The third kappa shape index (κ3) is 2.33. The third-order valence-corrected chi connectivity index (χ3v) is 3.83. The number of aromatic amines is 1. The maximum absolute atomic E-state index is 12.0. The highest BCUT2D eigenvalue weighted by Crippen LogP contribution is 2.21. The van der Waals surface area contributed by atoms with Gasteiger partial charge in [-0.25, -0.2) is 0 Å². The van der Waals surface area contributed by atoms with Gasteiger partial charge in [0.1, 0.15) is 5.52 Å². The molecule has 0 aliphatic rings. The summed E-state index contributed by atoms with van der Waals surface area (Å²) in [6.07, 6.45) is 0. The molecule has 0 saturated carbocycles.